The zero-order valence-electron chi connectivity index (χ0n) is 15.0. The highest BCUT2D eigenvalue weighted by Gasteiger charge is 2.33. The fraction of sp³-hybridized carbons (Fsp3) is 0.154. The van der Waals surface area contributed by atoms with E-state index in [4.69, 9.17) is 0 Å². The monoisotopic (exact) mass is 334 g/mol. The van der Waals surface area contributed by atoms with Crippen LogP contribution in [0.25, 0.3) is 17.7 Å². The third kappa shape index (κ3) is 2.45. The van der Waals surface area contributed by atoms with Crippen molar-refractivity contribution >= 4 is 17.7 Å². The van der Waals surface area contributed by atoms with Gasteiger partial charge in [0.25, 0.3) is 0 Å². The van der Waals surface area contributed by atoms with Crippen LogP contribution in [-0.4, -0.2) is 0 Å². The molecular weight excluding hydrogens is 312 g/mol. The number of fused-ring (bicyclic) bond motifs is 2. The predicted molar refractivity (Wildman–Crippen MR) is 111 cm³/mol. The van der Waals surface area contributed by atoms with Crippen molar-refractivity contribution in [2.24, 2.45) is 5.92 Å². The quantitative estimate of drug-likeness (QED) is 0.506. The van der Waals surface area contributed by atoms with E-state index in [9.17, 15) is 0 Å². The van der Waals surface area contributed by atoms with E-state index < -0.39 is 0 Å². The van der Waals surface area contributed by atoms with E-state index >= 15 is 0 Å². The molecule has 2 unspecified atom stereocenters. The molecule has 2 aliphatic rings. The van der Waals surface area contributed by atoms with E-state index in [1.54, 1.807) is 5.57 Å². The predicted octanol–water partition coefficient (Wildman–Crippen LogP) is 6.60. The van der Waals surface area contributed by atoms with Gasteiger partial charge >= 0.3 is 0 Å². The van der Waals surface area contributed by atoms with Gasteiger partial charge in [-0.25, -0.2) is 0 Å². The largest absolute Gasteiger partial charge is 0.0622 e. The molecule has 0 saturated carbocycles. The molecule has 2 atom stereocenters. The SMILES string of the molecule is CC(C1=Cc2ccccc2C1)C1C(c2ccccc2)=Cc2ccccc21. The highest BCUT2D eigenvalue weighted by molar-refractivity contribution is 5.92. The topological polar surface area (TPSA) is 0 Å². The minimum Gasteiger partial charge on any atom is -0.0622 e. The van der Waals surface area contributed by atoms with E-state index in [0.717, 1.165) is 6.42 Å². The van der Waals surface area contributed by atoms with Crippen LogP contribution >= 0.6 is 0 Å². The Morgan fingerprint density at radius 3 is 2.23 bits per heavy atom. The van der Waals surface area contributed by atoms with Crippen molar-refractivity contribution in [2.75, 3.05) is 0 Å². The molecule has 0 radical (unpaired) electrons. The number of benzene rings is 3. The van der Waals surface area contributed by atoms with E-state index in [1.165, 1.54) is 33.4 Å². The first-order valence-electron chi connectivity index (χ1n) is 9.45. The summed E-state index contributed by atoms with van der Waals surface area (Å²) < 4.78 is 0. The fourth-order valence-electron chi connectivity index (χ4n) is 4.60. The van der Waals surface area contributed by atoms with Crippen LogP contribution in [0.3, 0.4) is 0 Å². The Labute approximate surface area is 155 Å². The summed E-state index contributed by atoms with van der Waals surface area (Å²) in [6, 6.07) is 28.6. The first-order valence-corrected chi connectivity index (χ1v) is 9.45. The highest BCUT2D eigenvalue weighted by Crippen LogP contribution is 2.49. The molecule has 3 aromatic carbocycles. The van der Waals surface area contributed by atoms with E-state index in [-0.39, 0.29) is 0 Å². The Hall–Kier alpha value is -2.86. The molecule has 0 saturated heterocycles. The van der Waals surface area contributed by atoms with Crippen LogP contribution < -0.4 is 0 Å². The first kappa shape index (κ1) is 15.4. The minimum atomic E-state index is 0.425. The summed E-state index contributed by atoms with van der Waals surface area (Å²) >= 11 is 0. The number of rotatable bonds is 3. The summed E-state index contributed by atoms with van der Waals surface area (Å²) in [7, 11) is 0. The lowest BCUT2D eigenvalue weighted by atomic mass is 9.78. The molecule has 0 amide bonds. The van der Waals surface area contributed by atoms with Crippen LogP contribution in [0.4, 0.5) is 0 Å². The van der Waals surface area contributed by atoms with Crippen LogP contribution in [0.5, 0.6) is 0 Å². The van der Waals surface area contributed by atoms with Crippen molar-refractivity contribution < 1.29 is 0 Å². The van der Waals surface area contributed by atoms with Gasteiger partial charge in [-0.2, -0.15) is 0 Å². The summed E-state index contributed by atoms with van der Waals surface area (Å²) in [4.78, 5) is 0. The van der Waals surface area contributed by atoms with Crippen LogP contribution in [-0.2, 0) is 6.42 Å². The Kier molecular flexibility index (Phi) is 3.64. The molecule has 0 fully saturated rings. The molecule has 0 aliphatic heterocycles. The van der Waals surface area contributed by atoms with Gasteiger partial charge in [0.2, 0.25) is 0 Å². The molecule has 5 rings (SSSR count). The smallest absolute Gasteiger partial charge is 0.0164 e. The second-order valence-electron chi connectivity index (χ2n) is 7.46. The third-order valence-corrected chi connectivity index (χ3v) is 5.96. The van der Waals surface area contributed by atoms with E-state index in [1.807, 2.05) is 0 Å². The van der Waals surface area contributed by atoms with Crippen molar-refractivity contribution in [1.29, 1.82) is 0 Å². The molecule has 0 heterocycles. The van der Waals surface area contributed by atoms with Crippen LogP contribution in [0, 0.1) is 5.92 Å². The van der Waals surface area contributed by atoms with Gasteiger partial charge in [0, 0.05) is 5.92 Å². The van der Waals surface area contributed by atoms with Gasteiger partial charge in [0.1, 0.15) is 0 Å². The van der Waals surface area contributed by atoms with Gasteiger partial charge < -0.3 is 0 Å². The lowest BCUT2D eigenvalue weighted by molar-refractivity contribution is 0.616. The summed E-state index contributed by atoms with van der Waals surface area (Å²) in [6.45, 7) is 2.40. The zero-order chi connectivity index (χ0) is 17.5. The standard InChI is InChI=1S/C26H22/c1-18(23-15-20-11-5-6-12-21(20)16-23)26-24-14-8-7-13-22(24)17-25(26)19-9-3-2-4-10-19/h2-15,17-18,26H,16H2,1H3. The maximum Gasteiger partial charge on any atom is 0.0164 e. The van der Waals surface area contributed by atoms with Crippen molar-refractivity contribution in [3.05, 3.63) is 112 Å². The lowest BCUT2D eigenvalue weighted by Gasteiger charge is -2.26. The van der Waals surface area contributed by atoms with Crippen LogP contribution in [0.2, 0.25) is 0 Å². The molecule has 3 aromatic rings. The van der Waals surface area contributed by atoms with Crippen molar-refractivity contribution in [3.8, 4) is 0 Å². The minimum absolute atomic E-state index is 0.425. The molecule has 2 aliphatic carbocycles. The van der Waals surface area contributed by atoms with Crippen molar-refractivity contribution in [3.63, 3.8) is 0 Å². The van der Waals surface area contributed by atoms with Gasteiger partial charge in [-0.1, -0.05) is 104 Å². The maximum absolute atomic E-state index is 2.42. The molecule has 0 aromatic heterocycles. The van der Waals surface area contributed by atoms with Gasteiger partial charge in [0.15, 0.2) is 0 Å². The second kappa shape index (κ2) is 6.14. The number of hydrogen-bond donors (Lipinski definition) is 0. The van der Waals surface area contributed by atoms with Gasteiger partial charge in [0.05, 0.1) is 0 Å². The number of allylic oxidation sites excluding steroid dienone is 2. The highest BCUT2D eigenvalue weighted by atomic mass is 14.4. The van der Waals surface area contributed by atoms with Gasteiger partial charge in [-0.3, -0.25) is 0 Å². The Morgan fingerprint density at radius 2 is 1.42 bits per heavy atom. The summed E-state index contributed by atoms with van der Waals surface area (Å²) in [5, 5.41) is 0. The van der Waals surface area contributed by atoms with Gasteiger partial charge in [-0.05, 0) is 45.7 Å². The lowest BCUT2D eigenvalue weighted by Crippen LogP contribution is -2.12. The van der Waals surface area contributed by atoms with Gasteiger partial charge in [-0.15, -0.1) is 0 Å². The average Bonchev–Trinajstić information content (AvgIpc) is 3.30. The molecule has 26 heavy (non-hydrogen) atoms. The third-order valence-electron chi connectivity index (χ3n) is 5.96. The van der Waals surface area contributed by atoms with Crippen molar-refractivity contribution in [2.45, 2.75) is 19.3 Å². The van der Waals surface area contributed by atoms with E-state index in [2.05, 4.69) is 97.9 Å². The Morgan fingerprint density at radius 1 is 0.731 bits per heavy atom. The first-order chi connectivity index (χ1) is 12.8. The maximum atomic E-state index is 2.42. The second-order valence-corrected chi connectivity index (χ2v) is 7.46. The summed E-state index contributed by atoms with van der Waals surface area (Å²) in [5.41, 5.74) is 10.1. The average molecular weight is 334 g/mol. The molecule has 0 spiro atoms. The molecular formula is C26H22. The van der Waals surface area contributed by atoms with Crippen molar-refractivity contribution in [1.82, 2.24) is 0 Å². The van der Waals surface area contributed by atoms with Crippen LogP contribution in [0.15, 0.2) is 84.4 Å². The number of hydrogen-bond acceptors (Lipinski definition) is 0. The molecule has 0 heteroatoms. The summed E-state index contributed by atoms with van der Waals surface area (Å²) in [6.07, 6.45) is 5.90. The molecule has 0 bridgehead atoms. The fourth-order valence-corrected chi connectivity index (χ4v) is 4.60. The molecule has 126 valence electrons. The summed E-state index contributed by atoms with van der Waals surface area (Å²) in [5.74, 6) is 0.909. The van der Waals surface area contributed by atoms with Crippen LogP contribution in [0.1, 0.15) is 40.7 Å². The zero-order valence-corrected chi connectivity index (χ0v) is 15.0. The normalized spacial score (nSPS) is 18.7. The molecule has 0 nitrogen and oxygen atoms in total. The Balaban J connectivity index is 1.57. The van der Waals surface area contributed by atoms with E-state index in [0.29, 0.717) is 11.8 Å². The molecule has 0 N–H and O–H groups in total. The Bertz CT molecular complexity index is 1020.